The van der Waals surface area contributed by atoms with E-state index in [-0.39, 0.29) is 0 Å². The first-order chi connectivity index (χ1) is 14.4. The summed E-state index contributed by atoms with van der Waals surface area (Å²) < 4.78 is 10.1. The van der Waals surface area contributed by atoms with Crippen LogP contribution in [-0.4, -0.2) is 54.1 Å². The van der Waals surface area contributed by atoms with Crippen molar-refractivity contribution in [2.45, 2.75) is 39.2 Å². The predicted molar refractivity (Wildman–Crippen MR) is 112 cm³/mol. The number of anilines is 2. The van der Waals surface area contributed by atoms with Crippen LogP contribution in [0.1, 0.15) is 40.1 Å². The van der Waals surface area contributed by atoms with Crippen molar-refractivity contribution in [3.8, 4) is 0 Å². The van der Waals surface area contributed by atoms with Crippen molar-refractivity contribution in [3.05, 3.63) is 34.5 Å². The zero-order valence-corrected chi connectivity index (χ0v) is 18.0. The molecule has 1 aliphatic heterocycles. The lowest BCUT2D eigenvalue weighted by Gasteiger charge is -2.33. The Hall–Kier alpha value is -3.01. The monoisotopic (exact) mass is 432 g/mol. The molecule has 1 aliphatic rings. The minimum atomic E-state index is -0.536. The topological polar surface area (TPSA) is 111 Å². The van der Waals surface area contributed by atoms with E-state index in [9.17, 15) is 14.4 Å². The van der Waals surface area contributed by atoms with E-state index < -0.39 is 30.5 Å². The fraction of sp³-hybridized carbons (Fsp3) is 0.450. The first-order valence-corrected chi connectivity index (χ1v) is 10.4. The molecule has 3 heterocycles. The SMILES string of the molecule is COC(=O)c1c(NC(=O)COC(=O)C2CCCCN2c2ncccn2)sc(C)c1C. The fourth-order valence-electron chi connectivity index (χ4n) is 3.31. The zero-order chi connectivity index (χ0) is 21.7. The van der Waals surface area contributed by atoms with Gasteiger partial charge in [0.15, 0.2) is 6.61 Å². The van der Waals surface area contributed by atoms with Gasteiger partial charge < -0.3 is 19.7 Å². The molecule has 0 aromatic carbocycles. The normalized spacial score (nSPS) is 16.1. The number of carbonyl (C=O) groups is 3. The van der Waals surface area contributed by atoms with Gasteiger partial charge in [-0.3, -0.25) is 4.79 Å². The molecule has 30 heavy (non-hydrogen) atoms. The molecule has 10 heteroatoms. The minimum absolute atomic E-state index is 0.319. The summed E-state index contributed by atoms with van der Waals surface area (Å²) in [4.78, 5) is 48.2. The third kappa shape index (κ3) is 4.76. The van der Waals surface area contributed by atoms with Gasteiger partial charge >= 0.3 is 11.9 Å². The van der Waals surface area contributed by atoms with Crippen LogP contribution in [0, 0.1) is 13.8 Å². The molecular weight excluding hydrogens is 408 g/mol. The molecule has 2 aromatic heterocycles. The van der Waals surface area contributed by atoms with Crippen molar-refractivity contribution in [3.63, 3.8) is 0 Å². The molecule has 0 spiro atoms. The number of aryl methyl sites for hydroxylation is 1. The summed E-state index contributed by atoms with van der Waals surface area (Å²) in [5.41, 5.74) is 1.07. The van der Waals surface area contributed by atoms with Gasteiger partial charge in [-0.15, -0.1) is 11.3 Å². The second-order valence-electron chi connectivity index (χ2n) is 6.89. The number of aromatic nitrogens is 2. The number of hydrogen-bond acceptors (Lipinski definition) is 9. The summed E-state index contributed by atoms with van der Waals surface area (Å²) in [6.07, 6.45) is 5.66. The average molecular weight is 433 g/mol. The van der Waals surface area contributed by atoms with E-state index in [1.54, 1.807) is 25.4 Å². The Morgan fingerprint density at radius 1 is 1.23 bits per heavy atom. The minimum Gasteiger partial charge on any atom is -0.465 e. The van der Waals surface area contributed by atoms with Crippen LogP contribution in [0.5, 0.6) is 0 Å². The van der Waals surface area contributed by atoms with Gasteiger partial charge in [-0.25, -0.2) is 19.6 Å². The van der Waals surface area contributed by atoms with Crippen molar-refractivity contribution in [2.75, 3.05) is 30.5 Å². The van der Waals surface area contributed by atoms with Crippen LogP contribution in [0.2, 0.25) is 0 Å². The highest BCUT2D eigenvalue weighted by atomic mass is 32.1. The number of thiophene rings is 1. The van der Waals surface area contributed by atoms with Gasteiger partial charge in [0, 0.05) is 23.8 Å². The van der Waals surface area contributed by atoms with Crippen molar-refractivity contribution in [1.82, 2.24) is 9.97 Å². The number of carbonyl (C=O) groups excluding carboxylic acids is 3. The lowest BCUT2D eigenvalue weighted by Crippen LogP contribution is -2.47. The number of ether oxygens (including phenoxy) is 2. The second kappa shape index (κ2) is 9.66. The largest absolute Gasteiger partial charge is 0.465 e. The van der Waals surface area contributed by atoms with E-state index in [2.05, 4.69) is 15.3 Å². The summed E-state index contributed by atoms with van der Waals surface area (Å²) in [7, 11) is 1.29. The Balaban J connectivity index is 1.63. The Labute approximate surface area is 178 Å². The maximum atomic E-state index is 12.6. The van der Waals surface area contributed by atoms with Gasteiger partial charge in [-0.2, -0.15) is 0 Å². The summed E-state index contributed by atoms with van der Waals surface area (Å²) in [6.45, 7) is 3.84. The molecule has 1 atom stereocenters. The third-order valence-corrected chi connectivity index (χ3v) is 6.08. The first-order valence-electron chi connectivity index (χ1n) is 9.60. The van der Waals surface area contributed by atoms with Gasteiger partial charge in [0.2, 0.25) is 5.95 Å². The number of esters is 2. The lowest BCUT2D eigenvalue weighted by atomic mass is 10.0. The molecule has 1 N–H and O–H groups in total. The smallest absolute Gasteiger partial charge is 0.341 e. The lowest BCUT2D eigenvalue weighted by molar-refractivity contribution is -0.149. The molecule has 0 saturated carbocycles. The number of methoxy groups -OCH3 is 1. The molecule has 3 rings (SSSR count). The number of amides is 1. The Kier molecular flexibility index (Phi) is 6.99. The molecule has 2 aromatic rings. The van der Waals surface area contributed by atoms with E-state index in [0.29, 0.717) is 29.5 Å². The van der Waals surface area contributed by atoms with Gasteiger partial charge in [-0.05, 0) is 44.7 Å². The number of rotatable bonds is 6. The Bertz CT molecular complexity index is 931. The molecule has 160 valence electrons. The maximum absolute atomic E-state index is 12.6. The summed E-state index contributed by atoms with van der Waals surface area (Å²) in [5.74, 6) is -1.07. The van der Waals surface area contributed by atoms with Crippen LogP contribution in [-0.2, 0) is 19.1 Å². The predicted octanol–water partition coefficient (Wildman–Crippen LogP) is 2.48. The Morgan fingerprint density at radius 3 is 2.67 bits per heavy atom. The molecule has 9 nitrogen and oxygen atoms in total. The van der Waals surface area contributed by atoms with E-state index in [4.69, 9.17) is 9.47 Å². The number of nitrogens with one attached hydrogen (secondary N) is 1. The van der Waals surface area contributed by atoms with Crippen LogP contribution >= 0.6 is 11.3 Å². The maximum Gasteiger partial charge on any atom is 0.341 e. The number of hydrogen-bond donors (Lipinski definition) is 1. The van der Waals surface area contributed by atoms with Gasteiger partial charge in [0.05, 0.1) is 12.7 Å². The Morgan fingerprint density at radius 2 is 1.97 bits per heavy atom. The van der Waals surface area contributed by atoms with Crippen molar-refractivity contribution >= 4 is 40.1 Å². The molecule has 1 amide bonds. The van der Waals surface area contributed by atoms with E-state index in [1.807, 2.05) is 11.8 Å². The highest BCUT2D eigenvalue weighted by Gasteiger charge is 2.32. The highest BCUT2D eigenvalue weighted by Crippen LogP contribution is 2.33. The van der Waals surface area contributed by atoms with Crippen LogP contribution in [0.3, 0.4) is 0 Å². The first kappa shape index (κ1) is 21.7. The quantitative estimate of drug-likeness (QED) is 0.693. The van der Waals surface area contributed by atoms with Gasteiger partial charge in [-0.1, -0.05) is 0 Å². The fourth-order valence-corrected chi connectivity index (χ4v) is 4.38. The average Bonchev–Trinajstić information content (AvgIpc) is 3.05. The third-order valence-electron chi connectivity index (χ3n) is 4.96. The van der Waals surface area contributed by atoms with Crippen molar-refractivity contribution in [2.24, 2.45) is 0 Å². The number of piperidine rings is 1. The molecular formula is C20H24N4O5S. The van der Waals surface area contributed by atoms with Crippen molar-refractivity contribution in [1.29, 1.82) is 0 Å². The van der Waals surface area contributed by atoms with Gasteiger partial charge in [0.25, 0.3) is 5.91 Å². The standard InChI is InChI=1S/C20H24N4O5S/c1-12-13(2)30-17(16(12)19(27)28-3)23-15(25)11-29-18(26)14-7-4-5-10-24(14)20-21-8-6-9-22-20/h6,8-9,14H,4-5,7,10-11H2,1-3H3,(H,23,25). The van der Waals surface area contributed by atoms with Crippen LogP contribution in [0.15, 0.2) is 18.5 Å². The molecule has 1 fully saturated rings. The van der Waals surface area contributed by atoms with E-state index >= 15 is 0 Å². The van der Waals surface area contributed by atoms with Crippen molar-refractivity contribution < 1.29 is 23.9 Å². The summed E-state index contributed by atoms with van der Waals surface area (Å²) in [6, 6.07) is 1.17. The molecule has 0 bridgehead atoms. The molecule has 1 unspecified atom stereocenters. The van der Waals surface area contributed by atoms with E-state index in [0.717, 1.165) is 23.3 Å². The number of nitrogens with zero attached hydrogens (tertiary/aromatic N) is 3. The molecule has 0 aliphatic carbocycles. The summed E-state index contributed by atoms with van der Waals surface area (Å²) >= 11 is 1.27. The zero-order valence-electron chi connectivity index (χ0n) is 17.1. The molecule has 0 radical (unpaired) electrons. The summed E-state index contributed by atoms with van der Waals surface area (Å²) in [5, 5.41) is 3.04. The van der Waals surface area contributed by atoms with Gasteiger partial charge in [0.1, 0.15) is 11.0 Å². The van der Waals surface area contributed by atoms with Crippen LogP contribution < -0.4 is 10.2 Å². The van der Waals surface area contributed by atoms with Crippen LogP contribution in [0.25, 0.3) is 0 Å². The second-order valence-corrected chi connectivity index (χ2v) is 8.11. The van der Waals surface area contributed by atoms with E-state index in [1.165, 1.54) is 18.4 Å². The highest BCUT2D eigenvalue weighted by molar-refractivity contribution is 7.16. The molecule has 1 saturated heterocycles. The van der Waals surface area contributed by atoms with Crippen LogP contribution in [0.4, 0.5) is 10.9 Å².